The summed E-state index contributed by atoms with van der Waals surface area (Å²) in [5.74, 6) is -0.0182. The third kappa shape index (κ3) is 3.58. The highest BCUT2D eigenvalue weighted by atomic mass is 32.2. The molecule has 0 radical (unpaired) electrons. The summed E-state index contributed by atoms with van der Waals surface area (Å²) in [5.41, 5.74) is 0.608. The Morgan fingerprint density at radius 1 is 1.26 bits per heavy atom. The molecule has 1 aliphatic rings. The number of thioether (sulfide) groups is 1. The lowest BCUT2D eigenvalue weighted by Crippen LogP contribution is -2.40. The lowest BCUT2D eigenvalue weighted by atomic mass is 10.2. The summed E-state index contributed by atoms with van der Waals surface area (Å²) >= 11 is 1.14. The smallest absolute Gasteiger partial charge is 0.255 e. The van der Waals surface area contributed by atoms with E-state index in [1.165, 1.54) is 0 Å². The maximum absolute atomic E-state index is 12.4. The Kier molecular flexibility index (Phi) is 4.99. The lowest BCUT2D eigenvalue weighted by molar-refractivity contribution is -0.110. The maximum atomic E-state index is 12.4. The second-order valence-electron chi connectivity index (χ2n) is 4.23. The summed E-state index contributed by atoms with van der Waals surface area (Å²) in [5, 5.41) is 0.0715. The van der Waals surface area contributed by atoms with E-state index in [0.29, 0.717) is 38.3 Å². The minimum Gasteiger partial charge on any atom is -0.378 e. The average molecular weight is 279 g/mol. The number of benzene rings is 1. The van der Waals surface area contributed by atoms with Gasteiger partial charge < -0.3 is 9.64 Å². The van der Waals surface area contributed by atoms with Crippen molar-refractivity contribution in [3.05, 3.63) is 29.8 Å². The normalized spacial score (nSPS) is 15.3. The van der Waals surface area contributed by atoms with Crippen molar-refractivity contribution in [1.29, 1.82) is 0 Å². The zero-order chi connectivity index (χ0) is 13.7. The first-order valence-corrected chi connectivity index (χ1v) is 7.20. The average Bonchev–Trinajstić information content (AvgIpc) is 2.48. The van der Waals surface area contributed by atoms with Crippen LogP contribution in [0.3, 0.4) is 0 Å². The van der Waals surface area contributed by atoms with Crippen LogP contribution >= 0.6 is 11.8 Å². The molecule has 1 amide bonds. The predicted octanol–water partition coefficient (Wildman–Crippen LogP) is 2.19. The quantitative estimate of drug-likeness (QED) is 0.796. The Morgan fingerprint density at radius 2 is 1.95 bits per heavy atom. The van der Waals surface area contributed by atoms with Crippen LogP contribution in [-0.2, 0) is 9.53 Å². The molecule has 0 atom stereocenters. The van der Waals surface area contributed by atoms with Gasteiger partial charge in [-0.25, -0.2) is 0 Å². The van der Waals surface area contributed by atoms with Gasteiger partial charge in [-0.15, -0.1) is 0 Å². The number of hydrogen-bond donors (Lipinski definition) is 0. The van der Waals surface area contributed by atoms with Gasteiger partial charge in [0.05, 0.1) is 18.8 Å². The van der Waals surface area contributed by atoms with Crippen molar-refractivity contribution in [2.75, 3.05) is 26.3 Å². The fourth-order valence-corrected chi connectivity index (χ4v) is 2.67. The van der Waals surface area contributed by atoms with E-state index < -0.39 is 0 Å². The van der Waals surface area contributed by atoms with E-state index in [1.54, 1.807) is 11.0 Å². The molecular formula is C14H17NO3S. The van der Waals surface area contributed by atoms with Gasteiger partial charge in [0.2, 0.25) is 0 Å². The highest BCUT2D eigenvalue weighted by Crippen LogP contribution is 2.25. The van der Waals surface area contributed by atoms with Gasteiger partial charge in [0.1, 0.15) is 0 Å². The molecule has 102 valence electrons. The first-order chi connectivity index (χ1) is 9.22. The van der Waals surface area contributed by atoms with Gasteiger partial charge in [0.25, 0.3) is 5.91 Å². The Morgan fingerprint density at radius 3 is 2.63 bits per heavy atom. The first-order valence-electron chi connectivity index (χ1n) is 6.39. The molecule has 1 aromatic carbocycles. The Bertz CT molecular complexity index is 470. The standard InChI is InChI=1S/C14H17NO3S/c1-2-13(16)19-12-6-4-3-5-11(12)14(17)15-7-9-18-10-8-15/h3-6H,2,7-10H2,1H3. The van der Waals surface area contributed by atoms with Crippen molar-refractivity contribution in [2.45, 2.75) is 18.2 Å². The van der Waals surface area contributed by atoms with Crippen molar-refractivity contribution in [1.82, 2.24) is 4.90 Å². The lowest BCUT2D eigenvalue weighted by Gasteiger charge is -2.27. The van der Waals surface area contributed by atoms with Crippen LogP contribution in [0.5, 0.6) is 0 Å². The van der Waals surface area contributed by atoms with Gasteiger partial charge in [0, 0.05) is 24.4 Å². The largest absolute Gasteiger partial charge is 0.378 e. The molecule has 5 heteroatoms. The molecule has 0 bridgehead atoms. The maximum Gasteiger partial charge on any atom is 0.255 e. The molecule has 1 aliphatic heterocycles. The second-order valence-corrected chi connectivity index (χ2v) is 5.33. The molecule has 0 aliphatic carbocycles. The van der Waals surface area contributed by atoms with E-state index in [9.17, 15) is 9.59 Å². The Balaban J connectivity index is 2.18. The fourth-order valence-electron chi connectivity index (χ4n) is 1.86. The molecule has 0 spiro atoms. The van der Waals surface area contributed by atoms with E-state index in [-0.39, 0.29) is 11.0 Å². The molecule has 0 N–H and O–H groups in total. The molecule has 1 fully saturated rings. The summed E-state index contributed by atoms with van der Waals surface area (Å²) in [7, 11) is 0. The van der Waals surface area contributed by atoms with Crippen molar-refractivity contribution in [3.63, 3.8) is 0 Å². The van der Waals surface area contributed by atoms with Crippen molar-refractivity contribution < 1.29 is 14.3 Å². The summed E-state index contributed by atoms with van der Waals surface area (Å²) in [4.78, 5) is 26.5. The van der Waals surface area contributed by atoms with E-state index >= 15 is 0 Å². The van der Waals surface area contributed by atoms with Gasteiger partial charge in [-0.1, -0.05) is 30.8 Å². The monoisotopic (exact) mass is 279 g/mol. The molecule has 4 nitrogen and oxygen atoms in total. The van der Waals surface area contributed by atoms with Crippen LogP contribution in [0.2, 0.25) is 0 Å². The molecule has 2 rings (SSSR count). The molecule has 0 saturated carbocycles. The zero-order valence-electron chi connectivity index (χ0n) is 10.9. The van der Waals surface area contributed by atoms with Crippen molar-refractivity contribution in [3.8, 4) is 0 Å². The third-order valence-electron chi connectivity index (χ3n) is 2.93. The second kappa shape index (κ2) is 6.73. The molecule has 0 unspecified atom stereocenters. The van der Waals surface area contributed by atoms with Gasteiger partial charge in [-0.05, 0) is 12.1 Å². The van der Waals surface area contributed by atoms with Crippen LogP contribution in [0, 0.1) is 0 Å². The van der Waals surface area contributed by atoms with E-state index in [1.807, 2.05) is 25.1 Å². The number of amides is 1. The molecular weight excluding hydrogens is 262 g/mol. The molecule has 1 heterocycles. The zero-order valence-corrected chi connectivity index (χ0v) is 11.7. The number of carbonyl (C=O) groups excluding carboxylic acids is 2. The van der Waals surface area contributed by atoms with Crippen LogP contribution < -0.4 is 0 Å². The minimum atomic E-state index is -0.0182. The van der Waals surface area contributed by atoms with E-state index in [0.717, 1.165) is 16.7 Å². The SMILES string of the molecule is CCC(=O)Sc1ccccc1C(=O)N1CCOCC1. The van der Waals surface area contributed by atoms with Crippen LogP contribution in [-0.4, -0.2) is 42.2 Å². The Labute approximate surface area is 117 Å². The van der Waals surface area contributed by atoms with Gasteiger partial charge >= 0.3 is 0 Å². The van der Waals surface area contributed by atoms with Crippen molar-refractivity contribution >= 4 is 22.8 Å². The van der Waals surface area contributed by atoms with Gasteiger partial charge in [-0.3, -0.25) is 9.59 Å². The van der Waals surface area contributed by atoms with Crippen LogP contribution in [0.4, 0.5) is 0 Å². The molecule has 0 aromatic heterocycles. The number of ether oxygens (including phenoxy) is 1. The summed E-state index contributed by atoms with van der Waals surface area (Å²) < 4.78 is 5.24. The third-order valence-corrected chi connectivity index (χ3v) is 4.02. The fraction of sp³-hybridized carbons (Fsp3) is 0.429. The van der Waals surface area contributed by atoms with E-state index in [4.69, 9.17) is 4.74 Å². The van der Waals surface area contributed by atoms with Crippen LogP contribution in [0.1, 0.15) is 23.7 Å². The molecule has 1 aromatic rings. The van der Waals surface area contributed by atoms with Gasteiger partial charge in [0.15, 0.2) is 5.12 Å². The van der Waals surface area contributed by atoms with E-state index in [2.05, 4.69) is 0 Å². The van der Waals surface area contributed by atoms with Crippen LogP contribution in [0.25, 0.3) is 0 Å². The number of rotatable bonds is 3. The molecule has 19 heavy (non-hydrogen) atoms. The summed E-state index contributed by atoms with van der Waals surface area (Å²) in [6.45, 7) is 4.20. The van der Waals surface area contributed by atoms with Crippen molar-refractivity contribution in [2.24, 2.45) is 0 Å². The predicted molar refractivity (Wildman–Crippen MR) is 74.3 cm³/mol. The number of nitrogens with zero attached hydrogens (tertiary/aromatic N) is 1. The number of carbonyl (C=O) groups is 2. The number of hydrogen-bond acceptors (Lipinski definition) is 4. The van der Waals surface area contributed by atoms with Crippen LogP contribution in [0.15, 0.2) is 29.2 Å². The highest BCUT2D eigenvalue weighted by Gasteiger charge is 2.21. The highest BCUT2D eigenvalue weighted by molar-refractivity contribution is 8.13. The minimum absolute atomic E-state index is 0.0182. The Hall–Kier alpha value is -1.33. The summed E-state index contributed by atoms with van der Waals surface area (Å²) in [6.07, 6.45) is 0.463. The van der Waals surface area contributed by atoms with Gasteiger partial charge in [-0.2, -0.15) is 0 Å². The number of morpholine rings is 1. The summed E-state index contributed by atoms with van der Waals surface area (Å²) in [6, 6.07) is 7.28. The molecule has 1 saturated heterocycles. The first kappa shape index (κ1) is 14.1. The topological polar surface area (TPSA) is 46.6 Å².